The highest BCUT2D eigenvalue weighted by atomic mass is 35.5. The maximum Gasteiger partial charge on any atom is 0.387 e. The molecule has 0 atom stereocenters. The molecule has 4 heteroatoms. The van der Waals surface area contributed by atoms with Crippen molar-refractivity contribution in [2.24, 2.45) is 0 Å². The van der Waals surface area contributed by atoms with Crippen molar-refractivity contribution in [1.82, 2.24) is 0 Å². The Morgan fingerprint density at radius 1 is 1.45 bits per heavy atom. The lowest BCUT2D eigenvalue weighted by Gasteiger charge is -2.02. The van der Waals surface area contributed by atoms with Gasteiger partial charge in [0, 0.05) is 11.1 Å². The molecule has 1 aromatic rings. The van der Waals surface area contributed by atoms with Gasteiger partial charge in [-0.05, 0) is 18.2 Å². The van der Waals surface area contributed by atoms with Crippen molar-refractivity contribution in [3.63, 3.8) is 0 Å². The van der Waals surface area contributed by atoms with Gasteiger partial charge >= 0.3 is 6.61 Å². The Morgan fingerprint density at radius 2 is 2.18 bits per heavy atom. The Labute approximate surface area is 67.5 Å². The third kappa shape index (κ3) is 2.72. The van der Waals surface area contributed by atoms with Crippen LogP contribution in [0.25, 0.3) is 0 Å². The summed E-state index contributed by atoms with van der Waals surface area (Å²) in [6.07, 6.45) is 0. The largest absolute Gasteiger partial charge is 0.435 e. The van der Waals surface area contributed by atoms with Crippen molar-refractivity contribution in [1.29, 1.82) is 0 Å². The number of benzene rings is 1. The van der Waals surface area contributed by atoms with E-state index < -0.39 is 6.61 Å². The lowest BCUT2D eigenvalue weighted by atomic mass is 10.3. The number of ether oxygens (including phenoxy) is 1. The summed E-state index contributed by atoms with van der Waals surface area (Å²) < 4.78 is 27.1. The van der Waals surface area contributed by atoms with Gasteiger partial charge in [0.1, 0.15) is 5.75 Å². The van der Waals surface area contributed by atoms with Crippen LogP contribution in [0.15, 0.2) is 18.2 Å². The van der Waals surface area contributed by atoms with Crippen LogP contribution in [-0.2, 0) is 0 Å². The zero-order valence-corrected chi connectivity index (χ0v) is 6.11. The third-order valence-electron chi connectivity index (χ3n) is 0.971. The predicted molar refractivity (Wildman–Crippen MR) is 36.9 cm³/mol. The summed E-state index contributed by atoms with van der Waals surface area (Å²) in [5.74, 6) is 0.0596. The van der Waals surface area contributed by atoms with Crippen molar-refractivity contribution in [2.75, 3.05) is 0 Å². The lowest BCUT2D eigenvalue weighted by molar-refractivity contribution is -0.0498. The van der Waals surface area contributed by atoms with Gasteiger partial charge in [-0.2, -0.15) is 8.78 Å². The van der Waals surface area contributed by atoms with E-state index in [0.717, 1.165) is 0 Å². The summed E-state index contributed by atoms with van der Waals surface area (Å²) in [5.41, 5.74) is 0. The molecule has 0 amide bonds. The molecular weight excluding hydrogens is 174 g/mol. The molecule has 1 aromatic carbocycles. The van der Waals surface area contributed by atoms with Crippen molar-refractivity contribution in [2.45, 2.75) is 6.61 Å². The average molecular weight is 178 g/mol. The summed E-state index contributed by atoms with van der Waals surface area (Å²) in [6, 6.07) is 6.55. The quantitative estimate of drug-likeness (QED) is 0.675. The van der Waals surface area contributed by atoms with Crippen LogP contribution in [0.5, 0.6) is 5.75 Å². The van der Waals surface area contributed by atoms with Crippen LogP contribution in [0.1, 0.15) is 0 Å². The van der Waals surface area contributed by atoms with E-state index in [9.17, 15) is 8.78 Å². The van der Waals surface area contributed by atoms with E-state index in [-0.39, 0.29) is 5.75 Å². The second-order valence-electron chi connectivity index (χ2n) is 1.75. The molecule has 0 unspecified atom stereocenters. The summed E-state index contributed by atoms with van der Waals surface area (Å²) >= 11 is 5.45. The van der Waals surface area contributed by atoms with E-state index in [2.05, 4.69) is 10.8 Å². The van der Waals surface area contributed by atoms with E-state index >= 15 is 0 Å². The molecule has 0 heterocycles. The first kappa shape index (κ1) is 8.27. The zero-order chi connectivity index (χ0) is 8.27. The molecule has 0 aliphatic rings. The molecule has 0 saturated heterocycles. The molecule has 0 fully saturated rings. The second-order valence-corrected chi connectivity index (χ2v) is 2.16. The Morgan fingerprint density at radius 3 is 2.64 bits per heavy atom. The maximum atomic E-state index is 11.6. The van der Waals surface area contributed by atoms with Crippen LogP contribution in [0.3, 0.4) is 0 Å². The summed E-state index contributed by atoms with van der Waals surface area (Å²) in [5, 5.41) is 0.367. The molecular formula is C7H4ClF2O. The van der Waals surface area contributed by atoms with Crippen molar-refractivity contribution in [3.05, 3.63) is 29.3 Å². The van der Waals surface area contributed by atoms with Crippen LogP contribution in [-0.4, -0.2) is 6.61 Å². The third-order valence-corrected chi connectivity index (χ3v) is 1.21. The van der Waals surface area contributed by atoms with Gasteiger partial charge in [0.25, 0.3) is 0 Å². The first-order valence-electron chi connectivity index (χ1n) is 2.80. The van der Waals surface area contributed by atoms with Crippen LogP contribution < -0.4 is 4.74 Å². The zero-order valence-electron chi connectivity index (χ0n) is 5.35. The monoisotopic (exact) mass is 177 g/mol. The molecule has 0 bridgehead atoms. The average Bonchev–Trinajstić information content (AvgIpc) is 1.93. The minimum atomic E-state index is -2.80. The van der Waals surface area contributed by atoms with Gasteiger partial charge in [0.05, 0.1) is 0 Å². The standard InChI is InChI=1S/C7H4ClF2O/c8-5-1-3-6(4-2-5)11-7(9)10/h1,3-4,7H. The fourth-order valence-electron chi connectivity index (χ4n) is 0.568. The van der Waals surface area contributed by atoms with Crippen LogP contribution in [0, 0.1) is 6.07 Å². The van der Waals surface area contributed by atoms with Crippen LogP contribution in [0.4, 0.5) is 8.78 Å². The molecule has 59 valence electrons. The Hall–Kier alpha value is -0.830. The molecule has 0 N–H and O–H groups in total. The number of alkyl halides is 2. The molecule has 1 rings (SSSR count). The Balaban J connectivity index is 2.66. The van der Waals surface area contributed by atoms with Gasteiger partial charge < -0.3 is 4.74 Å². The first-order chi connectivity index (χ1) is 5.18. The number of hydrogen-bond acceptors (Lipinski definition) is 1. The Kier molecular flexibility index (Phi) is 2.65. The smallest absolute Gasteiger partial charge is 0.387 e. The summed E-state index contributed by atoms with van der Waals surface area (Å²) in [4.78, 5) is 0. The minimum absolute atomic E-state index is 0.0596. The molecule has 1 radical (unpaired) electrons. The number of halogens is 3. The van der Waals surface area contributed by atoms with Crippen LogP contribution in [0.2, 0.25) is 5.02 Å². The van der Waals surface area contributed by atoms with Gasteiger partial charge in [0.2, 0.25) is 0 Å². The number of hydrogen-bond donors (Lipinski definition) is 0. The highest BCUT2D eigenvalue weighted by Gasteiger charge is 2.02. The number of rotatable bonds is 2. The van der Waals surface area contributed by atoms with E-state index in [1.54, 1.807) is 0 Å². The molecule has 0 saturated carbocycles. The van der Waals surface area contributed by atoms with E-state index in [4.69, 9.17) is 11.6 Å². The molecule has 0 spiro atoms. The topological polar surface area (TPSA) is 9.23 Å². The SMILES string of the molecule is FC(F)Oc1c[c]c(Cl)cc1. The minimum Gasteiger partial charge on any atom is -0.435 e. The van der Waals surface area contributed by atoms with Gasteiger partial charge in [-0.1, -0.05) is 11.6 Å². The molecule has 0 aliphatic carbocycles. The van der Waals surface area contributed by atoms with E-state index in [1.165, 1.54) is 18.2 Å². The highest BCUT2D eigenvalue weighted by molar-refractivity contribution is 6.30. The molecule has 11 heavy (non-hydrogen) atoms. The van der Waals surface area contributed by atoms with Crippen molar-refractivity contribution < 1.29 is 13.5 Å². The normalized spacial score (nSPS) is 10.2. The van der Waals surface area contributed by atoms with Crippen molar-refractivity contribution >= 4 is 11.6 Å². The predicted octanol–water partition coefficient (Wildman–Crippen LogP) is 2.74. The lowest BCUT2D eigenvalue weighted by Crippen LogP contribution is -2.01. The Bertz CT molecular complexity index is 222. The highest BCUT2D eigenvalue weighted by Crippen LogP contribution is 2.16. The van der Waals surface area contributed by atoms with E-state index in [0.29, 0.717) is 5.02 Å². The fourth-order valence-corrected chi connectivity index (χ4v) is 0.685. The van der Waals surface area contributed by atoms with Crippen LogP contribution >= 0.6 is 11.6 Å². The first-order valence-corrected chi connectivity index (χ1v) is 3.18. The summed E-state index contributed by atoms with van der Waals surface area (Å²) in [7, 11) is 0. The maximum absolute atomic E-state index is 11.6. The van der Waals surface area contributed by atoms with Gasteiger partial charge in [-0.15, -0.1) is 0 Å². The molecule has 0 aliphatic heterocycles. The van der Waals surface area contributed by atoms with Crippen molar-refractivity contribution in [3.8, 4) is 5.75 Å². The second kappa shape index (κ2) is 3.53. The molecule has 1 nitrogen and oxygen atoms in total. The van der Waals surface area contributed by atoms with Gasteiger partial charge in [-0.25, -0.2) is 0 Å². The fraction of sp³-hybridized carbons (Fsp3) is 0.143. The summed E-state index contributed by atoms with van der Waals surface area (Å²) in [6.45, 7) is -2.80. The van der Waals surface area contributed by atoms with Gasteiger partial charge in [-0.3, -0.25) is 0 Å². The molecule has 0 aromatic heterocycles. The van der Waals surface area contributed by atoms with E-state index in [1.807, 2.05) is 0 Å². The van der Waals surface area contributed by atoms with Gasteiger partial charge in [0.15, 0.2) is 0 Å².